The minimum atomic E-state index is -0.561. The molecule has 1 nitrogen and oxygen atoms in total. The maximum absolute atomic E-state index is 13.2. The number of anilines is 1. The van der Waals surface area contributed by atoms with E-state index in [0.717, 1.165) is 18.5 Å². The fourth-order valence-electron chi connectivity index (χ4n) is 1.58. The van der Waals surface area contributed by atoms with E-state index in [1.54, 1.807) is 12.1 Å². The van der Waals surface area contributed by atoms with E-state index in [0.29, 0.717) is 12.0 Å². The van der Waals surface area contributed by atoms with E-state index in [4.69, 9.17) is 23.2 Å². The molecule has 0 bridgehead atoms. The van der Waals surface area contributed by atoms with E-state index in [1.807, 2.05) is 0 Å². The second-order valence-electron chi connectivity index (χ2n) is 4.77. The first-order valence-electron chi connectivity index (χ1n) is 5.81. The molecule has 1 atom stereocenters. The van der Waals surface area contributed by atoms with Crippen LogP contribution in [-0.4, -0.2) is 6.04 Å². The molecule has 1 rings (SSSR count). The van der Waals surface area contributed by atoms with Gasteiger partial charge >= 0.3 is 0 Å². The van der Waals surface area contributed by atoms with Gasteiger partial charge in [0.05, 0.1) is 10.0 Å². The number of nitrogens with one attached hydrogen (secondary N) is 1. The average molecular weight is 278 g/mol. The highest BCUT2D eigenvalue weighted by Gasteiger charge is 2.09. The molecule has 0 saturated carbocycles. The van der Waals surface area contributed by atoms with Crippen molar-refractivity contribution in [1.29, 1.82) is 0 Å². The number of rotatable bonds is 5. The molecule has 1 unspecified atom stereocenters. The van der Waals surface area contributed by atoms with Crippen LogP contribution in [0.3, 0.4) is 0 Å². The summed E-state index contributed by atoms with van der Waals surface area (Å²) >= 11 is 11.5. The van der Waals surface area contributed by atoms with Crippen molar-refractivity contribution in [3.63, 3.8) is 0 Å². The molecule has 0 saturated heterocycles. The Morgan fingerprint density at radius 1 is 1.12 bits per heavy atom. The second-order valence-corrected chi connectivity index (χ2v) is 5.58. The van der Waals surface area contributed by atoms with E-state index in [-0.39, 0.29) is 10.0 Å². The Bertz CT molecular complexity index is 357. The van der Waals surface area contributed by atoms with Crippen LogP contribution in [0.15, 0.2) is 12.1 Å². The number of benzene rings is 1. The third kappa shape index (κ3) is 4.72. The summed E-state index contributed by atoms with van der Waals surface area (Å²) in [6.45, 7) is 6.48. The van der Waals surface area contributed by atoms with Crippen LogP contribution < -0.4 is 5.32 Å². The van der Waals surface area contributed by atoms with Gasteiger partial charge in [0.2, 0.25) is 0 Å². The van der Waals surface area contributed by atoms with Gasteiger partial charge in [0.25, 0.3) is 0 Å². The molecule has 0 fully saturated rings. The molecule has 96 valence electrons. The topological polar surface area (TPSA) is 12.0 Å². The van der Waals surface area contributed by atoms with Crippen molar-refractivity contribution < 1.29 is 4.39 Å². The lowest BCUT2D eigenvalue weighted by Gasteiger charge is -2.17. The van der Waals surface area contributed by atoms with E-state index >= 15 is 0 Å². The van der Waals surface area contributed by atoms with Gasteiger partial charge in [0, 0.05) is 11.7 Å². The zero-order valence-corrected chi connectivity index (χ0v) is 11.9. The highest BCUT2D eigenvalue weighted by atomic mass is 35.5. The van der Waals surface area contributed by atoms with E-state index in [1.165, 1.54) is 0 Å². The molecule has 4 heteroatoms. The minimum absolute atomic E-state index is 0.0519. The molecule has 0 heterocycles. The molecule has 1 aromatic rings. The lowest BCUT2D eigenvalue weighted by Crippen LogP contribution is -2.15. The Hall–Kier alpha value is -0.470. The summed E-state index contributed by atoms with van der Waals surface area (Å²) in [5.74, 6) is 0.119. The van der Waals surface area contributed by atoms with Crippen molar-refractivity contribution in [3.05, 3.63) is 28.0 Å². The van der Waals surface area contributed by atoms with Crippen molar-refractivity contribution in [2.75, 3.05) is 5.32 Å². The summed E-state index contributed by atoms with van der Waals surface area (Å²) in [7, 11) is 0. The third-order valence-electron chi connectivity index (χ3n) is 2.57. The molecule has 1 aromatic carbocycles. The van der Waals surface area contributed by atoms with Gasteiger partial charge in [0.15, 0.2) is 5.82 Å². The molecule has 0 aliphatic heterocycles. The summed E-state index contributed by atoms with van der Waals surface area (Å²) < 4.78 is 13.2. The van der Waals surface area contributed by atoms with E-state index in [9.17, 15) is 4.39 Å². The highest BCUT2D eigenvalue weighted by molar-refractivity contribution is 6.35. The summed E-state index contributed by atoms with van der Waals surface area (Å²) in [4.78, 5) is 0. The molecule has 1 N–H and O–H groups in total. The highest BCUT2D eigenvalue weighted by Crippen LogP contribution is 2.28. The largest absolute Gasteiger partial charge is 0.383 e. The van der Waals surface area contributed by atoms with Gasteiger partial charge in [-0.3, -0.25) is 0 Å². The summed E-state index contributed by atoms with van der Waals surface area (Å²) in [5, 5.41) is 3.37. The predicted molar refractivity (Wildman–Crippen MR) is 73.6 cm³/mol. The lowest BCUT2D eigenvalue weighted by atomic mass is 10.0. The van der Waals surface area contributed by atoms with Crippen LogP contribution in [0.2, 0.25) is 10.0 Å². The number of hydrogen-bond acceptors (Lipinski definition) is 1. The fraction of sp³-hybridized carbons (Fsp3) is 0.538. The van der Waals surface area contributed by atoms with Gasteiger partial charge < -0.3 is 5.32 Å². The standard InChI is InChI=1S/C13H18Cl2FN/c1-8(2)4-5-9(3)17-10-6-11(14)13(16)12(15)7-10/h6-9,17H,4-5H2,1-3H3. The van der Waals surface area contributed by atoms with Crippen LogP contribution in [0.25, 0.3) is 0 Å². The SMILES string of the molecule is CC(C)CCC(C)Nc1cc(Cl)c(F)c(Cl)c1. The first-order valence-corrected chi connectivity index (χ1v) is 6.56. The molecule has 0 radical (unpaired) electrons. The zero-order valence-electron chi connectivity index (χ0n) is 10.4. The number of hydrogen-bond donors (Lipinski definition) is 1. The normalized spacial score (nSPS) is 12.9. The lowest BCUT2D eigenvalue weighted by molar-refractivity contribution is 0.527. The first kappa shape index (κ1) is 14.6. The van der Waals surface area contributed by atoms with Gasteiger partial charge in [-0.2, -0.15) is 0 Å². The Morgan fingerprint density at radius 3 is 2.12 bits per heavy atom. The molecule has 0 aromatic heterocycles. The van der Waals surface area contributed by atoms with E-state index < -0.39 is 5.82 Å². The third-order valence-corrected chi connectivity index (χ3v) is 3.12. The smallest absolute Gasteiger partial charge is 0.160 e. The van der Waals surface area contributed by atoms with Crippen LogP contribution in [0.4, 0.5) is 10.1 Å². The van der Waals surface area contributed by atoms with Crippen LogP contribution in [0.5, 0.6) is 0 Å². The van der Waals surface area contributed by atoms with Crippen molar-refractivity contribution in [3.8, 4) is 0 Å². The molecule has 0 spiro atoms. The molecular formula is C13H18Cl2FN. The molecular weight excluding hydrogens is 260 g/mol. The Labute approximate surface area is 112 Å². The monoisotopic (exact) mass is 277 g/mol. The van der Waals surface area contributed by atoms with Crippen LogP contribution in [-0.2, 0) is 0 Å². The van der Waals surface area contributed by atoms with Crippen molar-refractivity contribution in [1.82, 2.24) is 0 Å². The van der Waals surface area contributed by atoms with Crippen LogP contribution in [0, 0.1) is 11.7 Å². The van der Waals surface area contributed by atoms with Gasteiger partial charge in [-0.05, 0) is 37.8 Å². The van der Waals surface area contributed by atoms with Gasteiger partial charge in [-0.25, -0.2) is 4.39 Å². The minimum Gasteiger partial charge on any atom is -0.383 e. The molecule has 0 amide bonds. The van der Waals surface area contributed by atoms with Gasteiger partial charge in [0.1, 0.15) is 0 Å². The predicted octanol–water partition coefficient (Wildman–Crippen LogP) is 5.37. The van der Waals surface area contributed by atoms with Crippen molar-refractivity contribution in [2.45, 2.75) is 39.7 Å². The van der Waals surface area contributed by atoms with Crippen LogP contribution in [0.1, 0.15) is 33.6 Å². The van der Waals surface area contributed by atoms with Gasteiger partial charge in [-0.15, -0.1) is 0 Å². The fourth-order valence-corrected chi connectivity index (χ4v) is 2.07. The Morgan fingerprint density at radius 2 is 1.65 bits per heavy atom. The Kier molecular flexibility index (Phi) is 5.54. The van der Waals surface area contributed by atoms with Crippen molar-refractivity contribution >= 4 is 28.9 Å². The molecule has 17 heavy (non-hydrogen) atoms. The van der Waals surface area contributed by atoms with E-state index in [2.05, 4.69) is 26.1 Å². The summed E-state index contributed by atoms with van der Waals surface area (Å²) in [6.07, 6.45) is 2.21. The average Bonchev–Trinajstić information content (AvgIpc) is 2.23. The Balaban J connectivity index is 2.62. The zero-order chi connectivity index (χ0) is 13.0. The van der Waals surface area contributed by atoms with Gasteiger partial charge in [-0.1, -0.05) is 37.0 Å². The first-order chi connectivity index (χ1) is 7.90. The maximum Gasteiger partial charge on any atom is 0.160 e. The summed E-state index contributed by atoms with van der Waals surface area (Å²) in [5.41, 5.74) is 0.762. The second kappa shape index (κ2) is 6.46. The molecule has 0 aliphatic rings. The molecule has 0 aliphatic carbocycles. The maximum atomic E-state index is 13.2. The quantitative estimate of drug-likeness (QED) is 0.714. The summed E-state index contributed by atoms with van der Waals surface area (Å²) in [6, 6.07) is 3.44. The van der Waals surface area contributed by atoms with Crippen molar-refractivity contribution in [2.24, 2.45) is 5.92 Å². The number of halogens is 3. The van der Waals surface area contributed by atoms with Crippen LogP contribution >= 0.6 is 23.2 Å².